The Hall–Kier alpha value is -2.24. The van der Waals surface area contributed by atoms with Crippen LogP contribution in [0.1, 0.15) is 18.9 Å². The predicted molar refractivity (Wildman–Crippen MR) is 65.4 cm³/mol. The van der Waals surface area contributed by atoms with E-state index in [1.165, 1.54) is 12.1 Å². The van der Waals surface area contributed by atoms with Gasteiger partial charge in [-0.2, -0.15) is 5.10 Å². The fourth-order valence-corrected chi connectivity index (χ4v) is 1.11. The minimum Gasteiger partial charge on any atom is -0.348 e. The number of nitrogens with zero attached hydrogens (tertiary/aromatic N) is 1. The highest BCUT2D eigenvalue weighted by Crippen LogP contribution is 2.02. The van der Waals surface area contributed by atoms with E-state index in [1.807, 2.05) is 12.3 Å². The first-order valence-corrected chi connectivity index (χ1v) is 5.51. The molecule has 0 unspecified atom stereocenters. The molecule has 0 saturated heterocycles. The average molecular weight is 251 g/mol. The van der Waals surface area contributed by atoms with Crippen molar-refractivity contribution in [2.75, 3.05) is 6.54 Å². The summed E-state index contributed by atoms with van der Waals surface area (Å²) in [6.45, 7) is 2.29. The van der Waals surface area contributed by atoms with Gasteiger partial charge in [0.05, 0.1) is 6.21 Å². The minimum atomic E-state index is -0.879. The summed E-state index contributed by atoms with van der Waals surface area (Å²) < 4.78 is 13.2. The number of carbonyl (C=O) groups is 2. The van der Waals surface area contributed by atoms with Gasteiger partial charge in [-0.1, -0.05) is 25.1 Å². The average Bonchev–Trinajstić information content (AvgIpc) is 2.38. The molecule has 0 aliphatic heterocycles. The lowest BCUT2D eigenvalue weighted by Gasteiger charge is -2.01. The number of hydrogen-bond donors (Lipinski definition) is 2. The number of rotatable bonds is 4. The molecule has 0 fully saturated rings. The summed E-state index contributed by atoms with van der Waals surface area (Å²) in [5.41, 5.74) is 2.25. The van der Waals surface area contributed by atoms with E-state index in [9.17, 15) is 14.0 Å². The molecule has 0 aliphatic rings. The highest BCUT2D eigenvalue weighted by atomic mass is 19.1. The third-order valence-corrected chi connectivity index (χ3v) is 2.02. The van der Waals surface area contributed by atoms with Gasteiger partial charge >= 0.3 is 11.8 Å². The van der Waals surface area contributed by atoms with Gasteiger partial charge in [0.25, 0.3) is 0 Å². The maximum absolute atomic E-state index is 13.2. The van der Waals surface area contributed by atoms with Crippen LogP contribution in [0.5, 0.6) is 0 Å². The summed E-state index contributed by atoms with van der Waals surface area (Å²) in [6, 6.07) is 5.96. The molecule has 0 aromatic heterocycles. The largest absolute Gasteiger partial charge is 0.348 e. The standard InChI is InChI=1S/C12H14FN3O2/c1-2-7-14-11(17)12(18)16-15-8-9-5-3-4-6-10(9)13/h3-6,8H,2,7H2,1H3,(H,14,17)(H,16,18)/b15-8+. The van der Waals surface area contributed by atoms with Crippen LogP contribution in [-0.4, -0.2) is 24.6 Å². The number of carbonyl (C=O) groups excluding carboxylic acids is 2. The second-order valence-corrected chi connectivity index (χ2v) is 3.48. The summed E-state index contributed by atoms with van der Waals surface area (Å²) >= 11 is 0. The van der Waals surface area contributed by atoms with Crippen LogP contribution in [-0.2, 0) is 9.59 Å². The SMILES string of the molecule is CCCNC(=O)C(=O)N/N=C/c1ccccc1F. The lowest BCUT2D eigenvalue weighted by molar-refractivity contribution is -0.139. The van der Waals surface area contributed by atoms with Crippen LogP contribution in [0, 0.1) is 5.82 Å². The molecule has 18 heavy (non-hydrogen) atoms. The Balaban J connectivity index is 2.48. The van der Waals surface area contributed by atoms with Crippen LogP contribution in [0.15, 0.2) is 29.4 Å². The van der Waals surface area contributed by atoms with Crippen LogP contribution in [0.2, 0.25) is 0 Å². The van der Waals surface area contributed by atoms with Crippen molar-refractivity contribution in [1.82, 2.24) is 10.7 Å². The molecule has 1 rings (SSSR count). The Bertz CT molecular complexity index is 460. The van der Waals surface area contributed by atoms with E-state index in [0.717, 1.165) is 12.6 Å². The van der Waals surface area contributed by atoms with Crippen LogP contribution in [0.25, 0.3) is 0 Å². The Morgan fingerprint density at radius 1 is 1.33 bits per heavy atom. The van der Waals surface area contributed by atoms with Crippen molar-refractivity contribution in [3.05, 3.63) is 35.6 Å². The second kappa shape index (κ2) is 7.16. The molecule has 1 aromatic rings. The Labute approximate surface area is 104 Å². The van der Waals surface area contributed by atoms with Crippen molar-refractivity contribution < 1.29 is 14.0 Å². The highest BCUT2D eigenvalue weighted by Gasteiger charge is 2.10. The summed E-state index contributed by atoms with van der Waals surface area (Å²) in [7, 11) is 0. The number of hydrogen-bond acceptors (Lipinski definition) is 3. The van der Waals surface area contributed by atoms with E-state index in [1.54, 1.807) is 12.1 Å². The molecule has 2 N–H and O–H groups in total. The van der Waals surface area contributed by atoms with E-state index in [4.69, 9.17) is 0 Å². The molecule has 0 atom stereocenters. The van der Waals surface area contributed by atoms with Crippen LogP contribution in [0.3, 0.4) is 0 Å². The van der Waals surface area contributed by atoms with Crippen LogP contribution in [0.4, 0.5) is 4.39 Å². The van der Waals surface area contributed by atoms with Gasteiger partial charge in [0.15, 0.2) is 0 Å². The molecule has 0 radical (unpaired) electrons. The molecule has 6 heteroatoms. The first kappa shape index (κ1) is 13.8. The van der Waals surface area contributed by atoms with Crippen molar-refractivity contribution >= 4 is 18.0 Å². The normalized spacial score (nSPS) is 10.3. The van der Waals surface area contributed by atoms with Gasteiger partial charge in [0, 0.05) is 12.1 Å². The smallest absolute Gasteiger partial charge is 0.329 e. The monoisotopic (exact) mass is 251 g/mol. The van der Waals surface area contributed by atoms with E-state index >= 15 is 0 Å². The summed E-state index contributed by atoms with van der Waals surface area (Å²) in [6.07, 6.45) is 1.87. The molecular formula is C12H14FN3O2. The first-order chi connectivity index (χ1) is 8.65. The zero-order valence-corrected chi connectivity index (χ0v) is 9.94. The van der Waals surface area contributed by atoms with Crippen molar-refractivity contribution in [3.8, 4) is 0 Å². The lowest BCUT2D eigenvalue weighted by atomic mass is 10.2. The van der Waals surface area contributed by atoms with Gasteiger partial charge in [-0.15, -0.1) is 0 Å². The fourth-order valence-electron chi connectivity index (χ4n) is 1.11. The number of amides is 2. The van der Waals surface area contributed by atoms with E-state index < -0.39 is 17.6 Å². The summed E-state index contributed by atoms with van der Waals surface area (Å²) in [4.78, 5) is 22.3. The highest BCUT2D eigenvalue weighted by molar-refractivity contribution is 6.35. The molecule has 96 valence electrons. The molecule has 0 aliphatic carbocycles. The van der Waals surface area contributed by atoms with Gasteiger partial charge in [-0.05, 0) is 12.5 Å². The quantitative estimate of drug-likeness (QED) is 0.472. The first-order valence-electron chi connectivity index (χ1n) is 5.51. The summed E-state index contributed by atoms with van der Waals surface area (Å²) in [5, 5.41) is 5.90. The number of benzene rings is 1. The van der Waals surface area contributed by atoms with Gasteiger partial charge in [-0.25, -0.2) is 9.82 Å². The van der Waals surface area contributed by atoms with Crippen molar-refractivity contribution in [3.63, 3.8) is 0 Å². The van der Waals surface area contributed by atoms with E-state index in [-0.39, 0.29) is 5.56 Å². The fraction of sp³-hybridized carbons (Fsp3) is 0.250. The molecular weight excluding hydrogens is 237 g/mol. The topological polar surface area (TPSA) is 70.6 Å². The molecule has 0 spiro atoms. The minimum absolute atomic E-state index is 0.228. The number of nitrogens with one attached hydrogen (secondary N) is 2. The van der Waals surface area contributed by atoms with Crippen LogP contribution >= 0.6 is 0 Å². The third kappa shape index (κ3) is 4.32. The molecule has 1 aromatic carbocycles. The maximum atomic E-state index is 13.2. The maximum Gasteiger partial charge on any atom is 0.329 e. The zero-order valence-electron chi connectivity index (χ0n) is 9.94. The number of halogens is 1. The molecule has 0 saturated carbocycles. The van der Waals surface area contributed by atoms with E-state index in [0.29, 0.717) is 6.54 Å². The zero-order chi connectivity index (χ0) is 13.4. The van der Waals surface area contributed by atoms with Crippen molar-refractivity contribution in [2.45, 2.75) is 13.3 Å². The van der Waals surface area contributed by atoms with Crippen molar-refractivity contribution in [2.24, 2.45) is 5.10 Å². The van der Waals surface area contributed by atoms with Gasteiger partial charge in [-0.3, -0.25) is 9.59 Å². The van der Waals surface area contributed by atoms with Gasteiger partial charge < -0.3 is 5.32 Å². The van der Waals surface area contributed by atoms with Gasteiger partial charge in [0.1, 0.15) is 5.82 Å². The molecule has 2 amide bonds. The summed E-state index contributed by atoms with van der Waals surface area (Å²) in [5.74, 6) is -2.09. The van der Waals surface area contributed by atoms with Crippen molar-refractivity contribution in [1.29, 1.82) is 0 Å². The molecule has 0 heterocycles. The lowest BCUT2D eigenvalue weighted by Crippen LogP contribution is -2.38. The third-order valence-electron chi connectivity index (χ3n) is 2.02. The Morgan fingerprint density at radius 2 is 2.06 bits per heavy atom. The predicted octanol–water partition coefficient (Wildman–Crippen LogP) is 0.802. The van der Waals surface area contributed by atoms with Gasteiger partial charge in [0.2, 0.25) is 0 Å². The second-order valence-electron chi connectivity index (χ2n) is 3.48. The van der Waals surface area contributed by atoms with E-state index in [2.05, 4.69) is 10.4 Å². The molecule has 5 nitrogen and oxygen atoms in total. The van der Waals surface area contributed by atoms with Crippen LogP contribution < -0.4 is 10.7 Å². The molecule has 0 bridgehead atoms. The Morgan fingerprint density at radius 3 is 2.72 bits per heavy atom. The number of hydrazone groups is 1. The Kier molecular flexibility index (Phi) is 5.50.